The summed E-state index contributed by atoms with van der Waals surface area (Å²) in [5, 5.41) is 15.5. The molecule has 1 aromatic carbocycles. The molecular weight excluding hydrogens is 266 g/mol. The van der Waals surface area contributed by atoms with Gasteiger partial charge in [-0.15, -0.1) is 0 Å². The number of carbonyl (C=O) groups excluding carboxylic acids is 1. The van der Waals surface area contributed by atoms with Gasteiger partial charge in [0.25, 0.3) is 0 Å². The highest BCUT2D eigenvalue weighted by atomic mass is 16.2. The van der Waals surface area contributed by atoms with Crippen LogP contribution in [0.3, 0.4) is 0 Å². The van der Waals surface area contributed by atoms with Crippen molar-refractivity contribution in [1.29, 1.82) is 0 Å². The van der Waals surface area contributed by atoms with Gasteiger partial charge >= 0.3 is 0 Å². The van der Waals surface area contributed by atoms with Crippen molar-refractivity contribution >= 4 is 11.6 Å². The second kappa shape index (κ2) is 7.27. The fraction of sp³-hybridized carbons (Fsp3) is 0.250. The van der Waals surface area contributed by atoms with E-state index in [-0.39, 0.29) is 18.6 Å². The summed E-state index contributed by atoms with van der Waals surface area (Å²) in [6.07, 6.45) is 3.85. The Bertz CT molecular complexity index is 636. The number of hydrogen-bond acceptors (Lipinski definition) is 3. The zero-order valence-corrected chi connectivity index (χ0v) is 11.8. The van der Waals surface area contributed by atoms with E-state index >= 15 is 0 Å². The molecule has 0 radical (unpaired) electrons. The average Bonchev–Trinajstić information content (AvgIpc) is 3.02. The Labute approximate surface area is 123 Å². The van der Waals surface area contributed by atoms with Crippen LogP contribution in [0, 0.1) is 11.8 Å². The van der Waals surface area contributed by atoms with Crippen molar-refractivity contribution in [3.63, 3.8) is 0 Å². The van der Waals surface area contributed by atoms with Crippen LogP contribution in [0.2, 0.25) is 0 Å². The van der Waals surface area contributed by atoms with Gasteiger partial charge in [-0.25, -0.2) is 0 Å². The minimum Gasteiger partial charge on any atom is -0.395 e. The fourth-order valence-corrected chi connectivity index (χ4v) is 1.73. The van der Waals surface area contributed by atoms with E-state index in [9.17, 15) is 4.79 Å². The molecule has 0 aliphatic carbocycles. The number of hydrogen-bond donors (Lipinski definition) is 2. The van der Waals surface area contributed by atoms with Crippen molar-refractivity contribution in [1.82, 2.24) is 9.78 Å². The van der Waals surface area contributed by atoms with Crippen LogP contribution in [0.1, 0.15) is 24.9 Å². The van der Waals surface area contributed by atoms with E-state index in [1.165, 1.54) is 0 Å². The molecule has 1 amide bonds. The molecule has 0 fully saturated rings. The summed E-state index contributed by atoms with van der Waals surface area (Å²) in [4.78, 5) is 12.1. The molecule has 1 heterocycles. The van der Waals surface area contributed by atoms with Gasteiger partial charge in [-0.1, -0.05) is 11.8 Å². The lowest BCUT2D eigenvalue weighted by Gasteiger charge is -2.12. The quantitative estimate of drug-likeness (QED) is 0.841. The molecule has 0 aliphatic rings. The Kier molecular flexibility index (Phi) is 5.13. The second-order valence-corrected chi connectivity index (χ2v) is 4.50. The van der Waals surface area contributed by atoms with Gasteiger partial charge in [0.15, 0.2) is 0 Å². The number of aliphatic hydroxyl groups is 1. The van der Waals surface area contributed by atoms with Crippen LogP contribution in [0.5, 0.6) is 0 Å². The number of aliphatic hydroxyl groups excluding tert-OH is 1. The van der Waals surface area contributed by atoms with E-state index < -0.39 is 0 Å². The van der Waals surface area contributed by atoms with E-state index in [1.54, 1.807) is 42.2 Å². The average molecular weight is 283 g/mol. The molecule has 2 aromatic rings. The van der Waals surface area contributed by atoms with Gasteiger partial charge in [0.05, 0.1) is 6.61 Å². The maximum absolute atomic E-state index is 12.1. The zero-order chi connectivity index (χ0) is 15.1. The zero-order valence-electron chi connectivity index (χ0n) is 11.8. The molecule has 0 bridgehead atoms. The van der Waals surface area contributed by atoms with Crippen molar-refractivity contribution in [2.75, 3.05) is 11.9 Å². The number of amides is 1. The number of carbonyl (C=O) groups is 1. The second-order valence-electron chi connectivity index (χ2n) is 4.50. The summed E-state index contributed by atoms with van der Waals surface area (Å²) >= 11 is 0. The number of nitrogens with zero attached hydrogens (tertiary/aromatic N) is 2. The molecule has 2 rings (SSSR count). The highest BCUT2D eigenvalue weighted by molar-refractivity contribution is 5.93. The highest BCUT2D eigenvalue weighted by Gasteiger charge is 2.14. The summed E-state index contributed by atoms with van der Waals surface area (Å²) < 4.78 is 1.60. The summed E-state index contributed by atoms with van der Waals surface area (Å²) in [6.45, 7) is 1.85. The van der Waals surface area contributed by atoms with E-state index in [0.717, 1.165) is 5.56 Å². The Morgan fingerprint density at radius 3 is 2.81 bits per heavy atom. The van der Waals surface area contributed by atoms with Crippen molar-refractivity contribution in [2.24, 2.45) is 0 Å². The van der Waals surface area contributed by atoms with Gasteiger partial charge in [0.1, 0.15) is 6.04 Å². The Balaban J connectivity index is 1.97. The van der Waals surface area contributed by atoms with Gasteiger partial charge in [0, 0.05) is 30.1 Å². The van der Waals surface area contributed by atoms with Crippen LogP contribution in [0.4, 0.5) is 5.69 Å². The smallest absolute Gasteiger partial charge is 0.248 e. The van der Waals surface area contributed by atoms with E-state index in [0.29, 0.717) is 12.1 Å². The van der Waals surface area contributed by atoms with Crippen molar-refractivity contribution in [3.05, 3.63) is 48.3 Å². The predicted octanol–water partition coefficient (Wildman–Crippen LogP) is 1.82. The first-order chi connectivity index (χ1) is 10.2. The third-order valence-corrected chi connectivity index (χ3v) is 2.92. The SMILES string of the molecule is CC(C(=O)Nc1ccc(C#CCCO)cc1)n1cccn1. The lowest BCUT2D eigenvalue weighted by Crippen LogP contribution is -2.23. The lowest BCUT2D eigenvalue weighted by molar-refractivity contribution is -0.119. The number of nitrogens with one attached hydrogen (secondary N) is 1. The maximum atomic E-state index is 12.1. The number of rotatable bonds is 4. The molecule has 2 N–H and O–H groups in total. The van der Waals surface area contributed by atoms with Gasteiger partial charge in [-0.05, 0) is 37.3 Å². The van der Waals surface area contributed by atoms with Crippen LogP contribution in [-0.4, -0.2) is 27.4 Å². The van der Waals surface area contributed by atoms with Gasteiger partial charge in [0.2, 0.25) is 5.91 Å². The molecule has 1 aromatic heterocycles. The van der Waals surface area contributed by atoms with Crippen LogP contribution < -0.4 is 5.32 Å². The van der Waals surface area contributed by atoms with Crippen molar-refractivity contribution < 1.29 is 9.90 Å². The van der Waals surface area contributed by atoms with Crippen LogP contribution in [-0.2, 0) is 4.79 Å². The minimum absolute atomic E-state index is 0.0620. The maximum Gasteiger partial charge on any atom is 0.248 e. The molecule has 0 aliphatic heterocycles. The molecule has 0 saturated heterocycles. The topological polar surface area (TPSA) is 67.2 Å². The van der Waals surface area contributed by atoms with Gasteiger partial charge in [-0.2, -0.15) is 5.10 Å². The Hall–Kier alpha value is -2.58. The van der Waals surface area contributed by atoms with E-state index in [4.69, 9.17) is 5.11 Å². The highest BCUT2D eigenvalue weighted by Crippen LogP contribution is 2.12. The summed E-state index contributed by atoms with van der Waals surface area (Å²) in [5.74, 6) is 5.66. The summed E-state index contributed by atoms with van der Waals surface area (Å²) in [5.41, 5.74) is 1.56. The standard InChI is InChI=1S/C16H17N3O2/c1-13(19-11-4-10-17-19)16(21)18-15-8-6-14(7-9-15)5-2-3-12-20/h4,6-11,13,20H,3,12H2,1H3,(H,18,21). The first-order valence-corrected chi connectivity index (χ1v) is 6.70. The van der Waals surface area contributed by atoms with Crippen LogP contribution in [0.25, 0.3) is 0 Å². The third-order valence-electron chi connectivity index (χ3n) is 2.92. The lowest BCUT2D eigenvalue weighted by atomic mass is 10.2. The minimum atomic E-state index is -0.371. The summed E-state index contributed by atoms with van der Waals surface area (Å²) in [7, 11) is 0. The molecule has 1 atom stereocenters. The first-order valence-electron chi connectivity index (χ1n) is 6.70. The van der Waals surface area contributed by atoms with Gasteiger partial charge < -0.3 is 10.4 Å². The van der Waals surface area contributed by atoms with Crippen LogP contribution in [0.15, 0.2) is 42.7 Å². The van der Waals surface area contributed by atoms with Crippen molar-refractivity contribution in [2.45, 2.75) is 19.4 Å². The normalized spacial score (nSPS) is 11.3. The number of anilines is 1. The fourth-order valence-electron chi connectivity index (χ4n) is 1.73. The Morgan fingerprint density at radius 2 is 2.19 bits per heavy atom. The Morgan fingerprint density at radius 1 is 1.43 bits per heavy atom. The molecule has 5 nitrogen and oxygen atoms in total. The third kappa shape index (κ3) is 4.20. The number of aromatic nitrogens is 2. The molecule has 108 valence electrons. The number of benzene rings is 1. The molecule has 0 spiro atoms. The van der Waals surface area contributed by atoms with Crippen molar-refractivity contribution in [3.8, 4) is 11.8 Å². The predicted molar refractivity (Wildman–Crippen MR) is 80.6 cm³/mol. The molecule has 21 heavy (non-hydrogen) atoms. The molecule has 0 saturated carbocycles. The first kappa shape index (κ1) is 14.8. The van der Waals surface area contributed by atoms with Gasteiger partial charge in [-0.3, -0.25) is 9.48 Å². The molecular formula is C16H17N3O2. The van der Waals surface area contributed by atoms with Crippen LogP contribution >= 0.6 is 0 Å². The largest absolute Gasteiger partial charge is 0.395 e. The van der Waals surface area contributed by atoms with E-state index in [2.05, 4.69) is 22.3 Å². The molecule has 5 heteroatoms. The van der Waals surface area contributed by atoms with E-state index in [1.807, 2.05) is 12.1 Å². The molecule has 1 unspecified atom stereocenters. The summed E-state index contributed by atoms with van der Waals surface area (Å²) in [6, 6.07) is 8.68. The monoisotopic (exact) mass is 283 g/mol.